The summed E-state index contributed by atoms with van der Waals surface area (Å²) in [4.78, 5) is 12.8. The molecule has 2 heterocycles. The molecule has 0 amide bonds. The second kappa shape index (κ2) is 8.60. The van der Waals surface area contributed by atoms with Crippen LogP contribution in [0.5, 0.6) is 0 Å². The highest BCUT2D eigenvalue weighted by molar-refractivity contribution is 7.99. The molecule has 0 saturated carbocycles. The third-order valence-corrected chi connectivity index (χ3v) is 5.12. The molecule has 0 unspecified atom stereocenters. The fourth-order valence-corrected chi connectivity index (χ4v) is 4.24. The quantitative estimate of drug-likeness (QED) is 0.428. The third-order valence-electron chi connectivity index (χ3n) is 3.72. The summed E-state index contributed by atoms with van der Waals surface area (Å²) in [6.45, 7) is 5.58. The van der Waals surface area contributed by atoms with Gasteiger partial charge in [-0.15, -0.1) is 0 Å². The molecule has 3 rings (SSSR count). The van der Waals surface area contributed by atoms with Crippen molar-refractivity contribution >= 4 is 51.9 Å². The Morgan fingerprint density at radius 3 is 2.56 bits per heavy atom. The Hall–Kier alpha value is -1.61. The lowest BCUT2D eigenvalue weighted by atomic mass is 10.3. The summed E-state index contributed by atoms with van der Waals surface area (Å²) in [5.74, 6) is 0.0162. The molecule has 1 aromatic carbocycles. The van der Waals surface area contributed by atoms with Gasteiger partial charge < -0.3 is 15.6 Å². The van der Waals surface area contributed by atoms with Crippen LogP contribution < -0.4 is 11.1 Å². The van der Waals surface area contributed by atoms with Crippen molar-refractivity contribution in [1.29, 1.82) is 0 Å². The molecule has 0 saturated heterocycles. The first-order chi connectivity index (χ1) is 12.8. The number of nitrogens with zero attached hydrogens (tertiary/aromatic N) is 4. The fourth-order valence-electron chi connectivity index (χ4n) is 2.57. The van der Waals surface area contributed by atoms with Crippen molar-refractivity contribution < 1.29 is 4.39 Å². The van der Waals surface area contributed by atoms with E-state index in [4.69, 9.17) is 28.9 Å². The molecule has 144 valence electrons. The van der Waals surface area contributed by atoms with Crippen molar-refractivity contribution in [1.82, 2.24) is 24.8 Å². The molecule has 0 bridgehead atoms. The summed E-state index contributed by atoms with van der Waals surface area (Å²) >= 11 is 13.5. The van der Waals surface area contributed by atoms with Gasteiger partial charge in [0.1, 0.15) is 0 Å². The first-order valence-corrected chi connectivity index (χ1v) is 9.97. The van der Waals surface area contributed by atoms with Gasteiger partial charge in [0, 0.05) is 27.5 Å². The Morgan fingerprint density at radius 1 is 1.19 bits per heavy atom. The molecule has 0 atom stereocenters. The van der Waals surface area contributed by atoms with Crippen LogP contribution in [-0.4, -0.2) is 32.1 Å². The first kappa shape index (κ1) is 20.1. The average molecular weight is 429 g/mol. The van der Waals surface area contributed by atoms with E-state index in [-0.39, 0.29) is 5.82 Å². The minimum absolute atomic E-state index is 0.0162. The maximum atomic E-state index is 13.7. The molecular weight excluding hydrogens is 410 g/mol. The Kier molecular flexibility index (Phi) is 6.41. The maximum absolute atomic E-state index is 13.7. The predicted octanol–water partition coefficient (Wildman–Crippen LogP) is 4.39. The van der Waals surface area contributed by atoms with Crippen molar-refractivity contribution in [2.45, 2.75) is 42.9 Å². The average Bonchev–Trinajstić information content (AvgIpc) is 2.88. The van der Waals surface area contributed by atoms with E-state index < -0.39 is 6.08 Å². The molecule has 0 spiro atoms. The largest absolute Gasteiger partial charge is 0.382 e. The predicted molar refractivity (Wildman–Crippen MR) is 108 cm³/mol. The summed E-state index contributed by atoms with van der Waals surface area (Å²) in [6, 6.07) is 5.63. The monoisotopic (exact) mass is 428 g/mol. The van der Waals surface area contributed by atoms with Crippen LogP contribution in [0.3, 0.4) is 0 Å². The van der Waals surface area contributed by atoms with Crippen molar-refractivity contribution in [3.05, 3.63) is 34.3 Å². The summed E-state index contributed by atoms with van der Waals surface area (Å²) in [6.07, 6.45) is -0.0530. The standard InChI is InChI=1S/C17H19Cl2FN6S/c1-9(2)22-4-3-5-26-15-13(14(21)24-16(20)25-15)23-17(26)27-12-7-10(18)6-11(19)8-12/h6-9,22H,3-5H2,1-2H3,(H2,21,24,25). The summed E-state index contributed by atoms with van der Waals surface area (Å²) in [5.41, 5.74) is 6.60. The SMILES string of the molecule is CC(C)NCCCn1c(Sc2cc(Cl)cc(Cl)c2)nc2c(N)nc(F)nc21. The molecule has 0 aliphatic heterocycles. The van der Waals surface area contributed by atoms with E-state index in [2.05, 4.69) is 34.1 Å². The van der Waals surface area contributed by atoms with Crippen molar-refractivity contribution in [2.75, 3.05) is 12.3 Å². The number of aromatic nitrogens is 4. The van der Waals surface area contributed by atoms with Gasteiger partial charge in [-0.1, -0.05) is 48.8 Å². The topological polar surface area (TPSA) is 81.7 Å². The number of nitrogen functional groups attached to an aromatic ring is 1. The molecule has 0 radical (unpaired) electrons. The lowest BCUT2D eigenvalue weighted by Gasteiger charge is -2.11. The van der Waals surface area contributed by atoms with Gasteiger partial charge in [0.15, 0.2) is 22.1 Å². The summed E-state index contributed by atoms with van der Waals surface area (Å²) in [5, 5.41) is 5.03. The highest BCUT2D eigenvalue weighted by Gasteiger charge is 2.18. The van der Waals surface area contributed by atoms with Crippen LogP contribution in [0.2, 0.25) is 10.0 Å². The van der Waals surface area contributed by atoms with E-state index in [1.54, 1.807) is 18.2 Å². The van der Waals surface area contributed by atoms with Crippen LogP contribution in [-0.2, 0) is 6.54 Å². The molecule has 3 N–H and O–H groups in total. The Bertz CT molecular complexity index is 942. The lowest BCUT2D eigenvalue weighted by molar-refractivity contribution is 0.518. The van der Waals surface area contributed by atoms with E-state index in [1.807, 2.05) is 4.57 Å². The second-order valence-electron chi connectivity index (χ2n) is 6.27. The van der Waals surface area contributed by atoms with Crippen LogP contribution in [0.15, 0.2) is 28.3 Å². The van der Waals surface area contributed by atoms with E-state index in [0.717, 1.165) is 17.9 Å². The molecule has 2 aromatic heterocycles. The van der Waals surface area contributed by atoms with Crippen LogP contribution in [0, 0.1) is 6.08 Å². The van der Waals surface area contributed by atoms with E-state index in [1.165, 1.54) is 11.8 Å². The van der Waals surface area contributed by atoms with Gasteiger partial charge in [-0.3, -0.25) is 0 Å². The number of rotatable bonds is 7. The molecule has 3 aromatic rings. The number of hydrogen-bond acceptors (Lipinski definition) is 6. The Morgan fingerprint density at radius 2 is 1.89 bits per heavy atom. The smallest absolute Gasteiger partial charge is 0.312 e. The van der Waals surface area contributed by atoms with Gasteiger partial charge in [0.05, 0.1) is 0 Å². The fraction of sp³-hybridized carbons (Fsp3) is 0.353. The van der Waals surface area contributed by atoms with E-state index in [9.17, 15) is 4.39 Å². The molecular formula is C17H19Cl2FN6S. The zero-order valence-corrected chi connectivity index (χ0v) is 17.2. The number of imidazole rings is 1. The normalized spacial score (nSPS) is 11.6. The molecule has 6 nitrogen and oxygen atoms in total. The Labute approximate surface area is 170 Å². The van der Waals surface area contributed by atoms with Gasteiger partial charge >= 0.3 is 6.08 Å². The lowest BCUT2D eigenvalue weighted by Crippen LogP contribution is -2.24. The number of hydrogen-bond donors (Lipinski definition) is 2. The van der Waals surface area contributed by atoms with Gasteiger partial charge in [0.25, 0.3) is 0 Å². The molecule has 0 aliphatic rings. The Balaban J connectivity index is 1.96. The summed E-state index contributed by atoms with van der Waals surface area (Å²) in [7, 11) is 0. The van der Waals surface area contributed by atoms with Gasteiger partial charge in [0.2, 0.25) is 0 Å². The van der Waals surface area contributed by atoms with Gasteiger partial charge in [-0.05, 0) is 31.2 Å². The van der Waals surface area contributed by atoms with Gasteiger partial charge in [-0.2, -0.15) is 14.4 Å². The number of fused-ring (bicyclic) bond motifs is 1. The second-order valence-corrected chi connectivity index (χ2v) is 8.18. The van der Waals surface area contributed by atoms with E-state index >= 15 is 0 Å². The minimum Gasteiger partial charge on any atom is -0.382 e. The van der Waals surface area contributed by atoms with Crippen molar-refractivity contribution in [3.63, 3.8) is 0 Å². The molecule has 27 heavy (non-hydrogen) atoms. The highest BCUT2D eigenvalue weighted by atomic mass is 35.5. The number of halogens is 3. The van der Waals surface area contributed by atoms with E-state index in [0.29, 0.717) is 39.0 Å². The maximum Gasteiger partial charge on any atom is 0.312 e. The van der Waals surface area contributed by atoms with Crippen LogP contribution >= 0.6 is 35.0 Å². The first-order valence-electron chi connectivity index (χ1n) is 8.40. The minimum atomic E-state index is -0.871. The molecule has 0 aliphatic carbocycles. The zero-order chi connectivity index (χ0) is 19.6. The number of anilines is 1. The number of nitrogens with two attached hydrogens (primary N) is 1. The zero-order valence-electron chi connectivity index (χ0n) is 14.8. The number of benzene rings is 1. The highest BCUT2D eigenvalue weighted by Crippen LogP contribution is 2.34. The number of nitrogens with one attached hydrogen (secondary N) is 1. The summed E-state index contributed by atoms with van der Waals surface area (Å²) < 4.78 is 15.6. The van der Waals surface area contributed by atoms with Crippen molar-refractivity contribution in [3.8, 4) is 0 Å². The van der Waals surface area contributed by atoms with Crippen LogP contribution in [0.25, 0.3) is 11.2 Å². The van der Waals surface area contributed by atoms with Crippen molar-refractivity contribution in [2.24, 2.45) is 0 Å². The molecule has 0 fully saturated rings. The number of aryl methyl sites for hydroxylation is 1. The molecule has 10 heteroatoms. The third kappa shape index (κ3) is 5.01. The van der Waals surface area contributed by atoms with Crippen LogP contribution in [0.1, 0.15) is 20.3 Å². The van der Waals surface area contributed by atoms with Gasteiger partial charge in [-0.25, -0.2) is 4.98 Å². The van der Waals surface area contributed by atoms with Crippen LogP contribution in [0.4, 0.5) is 10.2 Å².